The minimum Gasteiger partial charge on any atom is -0.465 e. The average Bonchev–Trinajstić information content (AvgIpc) is 2.67. The molecular weight excluding hydrogens is 378 g/mol. The van der Waals surface area contributed by atoms with E-state index in [4.69, 9.17) is 16.6 Å². The highest BCUT2D eigenvalue weighted by molar-refractivity contribution is 6.36. The number of rotatable bonds is 1. The molecule has 6 nitrogen and oxygen atoms in total. The van der Waals surface area contributed by atoms with Gasteiger partial charge in [0.15, 0.2) is 0 Å². The Morgan fingerprint density at radius 2 is 2.04 bits per heavy atom. The molecule has 1 aliphatic carbocycles. The Morgan fingerprint density at radius 1 is 1.25 bits per heavy atom. The summed E-state index contributed by atoms with van der Waals surface area (Å²) in [5.74, 6) is 0.275. The molecule has 0 saturated carbocycles. The van der Waals surface area contributed by atoms with Crippen LogP contribution in [0.4, 0.5) is 4.79 Å². The van der Waals surface area contributed by atoms with Crippen molar-refractivity contribution in [1.82, 2.24) is 14.8 Å². The van der Waals surface area contributed by atoms with Crippen molar-refractivity contribution in [3.8, 4) is 0 Å². The summed E-state index contributed by atoms with van der Waals surface area (Å²) in [6, 6.07) is 5.27. The van der Waals surface area contributed by atoms with Crippen LogP contribution in [0.2, 0.25) is 5.02 Å². The van der Waals surface area contributed by atoms with Gasteiger partial charge in [-0.15, -0.1) is 0 Å². The SMILES string of the molecule is CC1CCCc2c1nc1cc(C(=O)N3CCN(C(=O)O)[C@H](C)C3)ccc1c2Cl. The zero-order valence-corrected chi connectivity index (χ0v) is 16.9. The molecule has 1 N–H and O–H groups in total. The van der Waals surface area contributed by atoms with E-state index in [-0.39, 0.29) is 11.9 Å². The van der Waals surface area contributed by atoms with Gasteiger partial charge in [-0.25, -0.2) is 4.79 Å². The fraction of sp³-hybridized carbons (Fsp3) is 0.476. The van der Waals surface area contributed by atoms with Crippen molar-refractivity contribution in [2.24, 2.45) is 0 Å². The van der Waals surface area contributed by atoms with E-state index in [2.05, 4.69) is 6.92 Å². The predicted molar refractivity (Wildman–Crippen MR) is 108 cm³/mol. The number of carboxylic acid groups (broad SMARTS) is 1. The number of amides is 2. The van der Waals surface area contributed by atoms with Gasteiger partial charge in [-0.05, 0) is 49.8 Å². The highest BCUT2D eigenvalue weighted by Gasteiger charge is 2.30. The maximum atomic E-state index is 13.0. The molecular formula is C21H24ClN3O3. The molecule has 1 unspecified atom stereocenters. The van der Waals surface area contributed by atoms with Crippen molar-refractivity contribution in [3.05, 3.63) is 40.0 Å². The second-order valence-corrected chi connectivity index (χ2v) is 8.27. The van der Waals surface area contributed by atoms with Crippen LogP contribution >= 0.6 is 11.6 Å². The number of aromatic nitrogens is 1. The third kappa shape index (κ3) is 3.20. The van der Waals surface area contributed by atoms with E-state index in [9.17, 15) is 14.7 Å². The van der Waals surface area contributed by atoms with Gasteiger partial charge in [0, 0.05) is 42.3 Å². The van der Waals surface area contributed by atoms with Gasteiger partial charge in [-0.1, -0.05) is 24.6 Å². The van der Waals surface area contributed by atoms with Crippen LogP contribution in [0.3, 0.4) is 0 Å². The van der Waals surface area contributed by atoms with Crippen LogP contribution in [-0.4, -0.2) is 57.6 Å². The number of halogens is 1. The van der Waals surface area contributed by atoms with Gasteiger partial charge in [-0.2, -0.15) is 0 Å². The van der Waals surface area contributed by atoms with Crippen LogP contribution in [0.1, 0.15) is 54.2 Å². The standard InChI is InChI=1S/C21H24ClN3O3/c1-12-4-3-5-16-18(22)15-7-6-14(10-17(15)23-19(12)16)20(26)24-8-9-25(21(27)28)13(2)11-24/h6-7,10,12-13H,3-5,8-9,11H2,1-2H3,(H,27,28)/t12?,13-/m1/s1. The van der Waals surface area contributed by atoms with E-state index in [1.165, 1.54) is 4.90 Å². The Hall–Kier alpha value is -2.34. The van der Waals surface area contributed by atoms with Crippen LogP contribution < -0.4 is 0 Å². The van der Waals surface area contributed by atoms with Crippen molar-refractivity contribution in [2.45, 2.75) is 45.1 Å². The molecule has 2 aromatic rings. The number of hydrogen-bond donors (Lipinski definition) is 1. The van der Waals surface area contributed by atoms with Gasteiger partial charge in [-0.3, -0.25) is 9.78 Å². The van der Waals surface area contributed by atoms with Crippen LogP contribution in [0.25, 0.3) is 10.9 Å². The molecule has 2 amide bonds. The first-order valence-electron chi connectivity index (χ1n) is 9.77. The summed E-state index contributed by atoms with van der Waals surface area (Å²) in [4.78, 5) is 32.2. The average molecular weight is 402 g/mol. The summed E-state index contributed by atoms with van der Waals surface area (Å²) in [5.41, 5.74) is 3.51. The lowest BCUT2D eigenvalue weighted by atomic mass is 9.87. The van der Waals surface area contributed by atoms with Gasteiger partial charge >= 0.3 is 6.09 Å². The normalized spacial score (nSPS) is 22.2. The highest BCUT2D eigenvalue weighted by Crippen LogP contribution is 2.38. The molecule has 0 radical (unpaired) electrons. The number of piperazine rings is 1. The first-order valence-corrected chi connectivity index (χ1v) is 10.2. The molecule has 1 aliphatic heterocycles. The summed E-state index contributed by atoms with van der Waals surface area (Å²) in [6.07, 6.45) is 2.24. The van der Waals surface area contributed by atoms with Crippen molar-refractivity contribution < 1.29 is 14.7 Å². The minimum absolute atomic E-state index is 0.0949. The van der Waals surface area contributed by atoms with Crippen LogP contribution in [-0.2, 0) is 6.42 Å². The van der Waals surface area contributed by atoms with Crippen LogP contribution in [0, 0.1) is 0 Å². The van der Waals surface area contributed by atoms with Crippen molar-refractivity contribution in [3.63, 3.8) is 0 Å². The number of fused-ring (bicyclic) bond motifs is 2. The van der Waals surface area contributed by atoms with Crippen LogP contribution in [0.5, 0.6) is 0 Å². The molecule has 1 fully saturated rings. The van der Waals surface area contributed by atoms with Crippen molar-refractivity contribution in [2.75, 3.05) is 19.6 Å². The first kappa shape index (κ1) is 19.0. The summed E-state index contributed by atoms with van der Waals surface area (Å²) in [5, 5.41) is 10.9. The third-order valence-corrected chi connectivity index (χ3v) is 6.42. The number of carbonyl (C=O) groups is 2. The van der Waals surface area contributed by atoms with Gasteiger partial charge in [0.25, 0.3) is 5.91 Å². The fourth-order valence-corrected chi connectivity index (χ4v) is 4.74. The maximum absolute atomic E-state index is 13.0. The maximum Gasteiger partial charge on any atom is 0.407 e. The Kier molecular flexibility index (Phi) is 4.91. The number of benzene rings is 1. The molecule has 1 aromatic carbocycles. The largest absolute Gasteiger partial charge is 0.465 e. The van der Waals surface area contributed by atoms with Gasteiger partial charge in [0.05, 0.1) is 10.5 Å². The smallest absolute Gasteiger partial charge is 0.407 e. The summed E-state index contributed by atoms with van der Waals surface area (Å²) in [6.45, 7) is 5.10. The highest BCUT2D eigenvalue weighted by atomic mass is 35.5. The van der Waals surface area contributed by atoms with Crippen LogP contribution in [0.15, 0.2) is 18.2 Å². The quantitative estimate of drug-likeness (QED) is 0.778. The third-order valence-electron chi connectivity index (χ3n) is 5.99. The predicted octanol–water partition coefficient (Wildman–Crippen LogP) is 4.15. The van der Waals surface area contributed by atoms with Gasteiger partial charge in [0.2, 0.25) is 0 Å². The molecule has 0 bridgehead atoms. The molecule has 0 spiro atoms. The van der Waals surface area contributed by atoms with E-state index < -0.39 is 6.09 Å². The Bertz CT molecular complexity index is 962. The van der Waals surface area contributed by atoms with E-state index in [0.717, 1.165) is 46.4 Å². The Labute approximate surface area is 169 Å². The first-order chi connectivity index (χ1) is 13.4. The zero-order chi connectivity index (χ0) is 20.0. The molecule has 1 saturated heterocycles. The van der Waals surface area contributed by atoms with Gasteiger partial charge < -0.3 is 14.9 Å². The number of nitrogens with zero attached hydrogens (tertiary/aromatic N) is 3. The molecule has 4 rings (SSSR count). The van der Waals surface area contributed by atoms with E-state index in [0.29, 0.717) is 31.1 Å². The van der Waals surface area contributed by atoms with E-state index in [1.54, 1.807) is 11.0 Å². The molecule has 2 atom stereocenters. The lowest BCUT2D eigenvalue weighted by Crippen LogP contribution is -2.55. The summed E-state index contributed by atoms with van der Waals surface area (Å²) >= 11 is 6.67. The molecule has 7 heteroatoms. The van der Waals surface area contributed by atoms with Gasteiger partial charge in [0.1, 0.15) is 0 Å². The Morgan fingerprint density at radius 3 is 2.75 bits per heavy atom. The molecule has 2 heterocycles. The molecule has 28 heavy (non-hydrogen) atoms. The monoisotopic (exact) mass is 401 g/mol. The van der Waals surface area contributed by atoms with E-state index >= 15 is 0 Å². The molecule has 148 valence electrons. The summed E-state index contributed by atoms with van der Waals surface area (Å²) in [7, 11) is 0. The second kappa shape index (κ2) is 7.24. The van der Waals surface area contributed by atoms with Crippen molar-refractivity contribution >= 4 is 34.5 Å². The molecule has 1 aromatic heterocycles. The summed E-state index contributed by atoms with van der Waals surface area (Å²) < 4.78 is 0. The van der Waals surface area contributed by atoms with Crippen molar-refractivity contribution in [1.29, 1.82) is 0 Å². The number of pyridine rings is 1. The zero-order valence-electron chi connectivity index (χ0n) is 16.1. The molecule has 2 aliphatic rings. The topological polar surface area (TPSA) is 73.7 Å². The number of carbonyl (C=O) groups excluding carboxylic acids is 1. The lowest BCUT2D eigenvalue weighted by molar-refractivity contribution is 0.0507. The fourth-order valence-electron chi connectivity index (χ4n) is 4.39. The Balaban J connectivity index is 1.65. The number of hydrogen-bond acceptors (Lipinski definition) is 3. The minimum atomic E-state index is -0.942. The lowest BCUT2D eigenvalue weighted by Gasteiger charge is -2.38. The second-order valence-electron chi connectivity index (χ2n) is 7.89. The van der Waals surface area contributed by atoms with E-state index in [1.807, 2.05) is 19.1 Å².